The number of allylic oxidation sites excluding steroid dienone is 1. The van der Waals surface area contributed by atoms with Gasteiger partial charge in [-0.05, 0) is 75.3 Å². The van der Waals surface area contributed by atoms with Crippen LogP contribution in [0.4, 0.5) is 0 Å². The number of hydrogen-bond donors (Lipinski definition) is 4. The smallest absolute Gasteiger partial charge is 0.334 e. The minimum atomic E-state index is -1.49. The van der Waals surface area contributed by atoms with Gasteiger partial charge >= 0.3 is 5.97 Å². The number of carbonyl (C=O) groups is 1. The summed E-state index contributed by atoms with van der Waals surface area (Å²) in [6, 6.07) is 0.111. The van der Waals surface area contributed by atoms with E-state index in [1.807, 2.05) is 14.0 Å². The Morgan fingerprint density at radius 2 is 2.12 bits per heavy atom. The SMILES string of the molecule is CCOC[C@@]1(O)C[C@@]23C(=C1C(=O)O)C[C@H]1CC[C@@]2(C)CC[C@H]2N(C(N)=NC)C=C[C@H](CNC)[C@]123. The molecular weight excluding hydrogens is 432 g/mol. The maximum atomic E-state index is 12.8. The van der Waals surface area contributed by atoms with Crippen molar-refractivity contribution in [2.45, 2.75) is 64.0 Å². The fraction of sp³-hybridized carbons (Fsp3) is 0.769. The lowest BCUT2D eigenvalue weighted by Crippen LogP contribution is -2.72. The summed E-state index contributed by atoms with van der Waals surface area (Å²) in [4.78, 5) is 19.3. The second-order valence-electron chi connectivity index (χ2n) is 11.4. The highest BCUT2D eigenvalue weighted by molar-refractivity contribution is 5.92. The first kappa shape index (κ1) is 23.8. The molecule has 0 unspecified atom stereocenters. The van der Waals surface area contributed by atoms with Crippen LogP contribution in [0.2, 0.25) is 0 Å². The van der Waals surface area contributed by atoms with Crippen LogP contribution in [-0.2, 0) is 9.53 Å². The molecule has 0 aromatic heterocycles. The Bertz CT molecular complexity index is 978. The Morgan fingerprint density at radius 1 is 1.38 bits per heavy atom. The molecule has 0 radical (unpaired) electrons. The van der Waals surface area contributed by atoms with Crippen LogP contribution < -0.4 is 11.1 Å². The maximum Gasteiger partial charge on any atom is 0.334 e. The first-order valence-electron chi connectivity index (χ1n) is 12.8. The summed E-state index contributed by atoms with van der Waals surface area (Å²) >= 11 is 0. The number of nitrogens with one attached hydrogen (secondary N) is 1. The number of nitrogens with two attached hydrogens (primary N) is 1. The summed E-state index contributed by atoms with van der Waals surface area (Å²) < 4.78 is 5.72. The zero-order chi connectivity index (χ0) is 24.5. The maximum absolute atomic E-state index is 12.8. The molecule has 1 aliphatic heterocycles. The Kier molecular flexibility index (Phi) is 5.47. The van der Waals surface area contributed by atoms with Gasteiger partial charge in [-0.2, -0.15) is 0 Å². The van der Waals surface area contributed by atoms with Gasteiger partial charge in [0.2, 0.25) is 0 Å². The minimum absolute atomic E-state index is 0.0205. The lowest BCUT2D eigenvalue weighted by molar-refractivity contribution is -0.208. The molecule has 5 N–H and O–H groups in total. The summed E-state index contributed by atoms with van der Waals surface area (Å²) in [5, 5.41) is 25.9. The summed E-state index contributed by atoms with van der Waals surface area (Å²) in [5.74, 6) is 0.0389. The number of ether oxygens (including phenoxy) is 1. The fourth-order valence-electron chi connectivity index (χ4n) is 9.54. The lowest BCUT2D eigenvalue weighted by atomic mass is 9.35. The highest BCUT2D eigenvalue weighted by Gasteiger charge is 2.81. The molecule has 8 nitrogen and oxygen atoms in total. The number of aliphatic imine (C=N–C) groups is 1. The zero-order valence-electron chi connectivity index (χ0n) is 20.9. The number of rotatable bonds is 6. The van der Waals surface area contributed by atoms with Crippen molar-refractivity contribution in [1.82, 2.24) is 10.2 Å². The average molecular weight is 473 g/mol. The standard InChI is InChI=1S/C26H40N4O4/c1-5-34-15-24(33)14-25-18(20(24)21(31)32)12-16-6-9-23(25,2)10-7-19-26(16,25)17(13-28-3)8-11-30(19)22(27)29-4/h8,11,16-17,19,28,33H,5-7,9-10,12-15H2,1-4H3,(H2,27,29)(H,31,32)/t16-,17-,19-,23+,24+,25-,26-/m1/s1. The van der Waals surface area contributed by atoms with Gasteiger partial charge < -0.3 is 30.9 Å². The summed E-state index contributed by atoms with van der Waals surface area (Å²) in [6.07, 6.45) is 9.58. The van der Waals surface area contributed by atoms with E-state index < -0.39 is 17.0 Å². The first-order chi connectivity index (χ1) is 16.2. The molecule has 34 heavy (non-hydrogen) atoms. The fourth-order valence-corrected chi connectivity index (χ4v) is 9.54. The molecule has 2 spiro atoms. The number of aliphatic hydroxyl groups is 1. The largest absolute Gasteiger partial charge is 0.478 e. The number of hydrogen-bond acceptors (Lipinski definition) is 5. The van der Waals surface area contributed by atoms with Gasteiger partial charge in [-0.25, -0.2) is 4.79 Å². The predicted octanol–water partition coefficient (Wildman–Crippen LogP) is 2.10. The van der Waals surface area contributed by atoms with E-state index in [1.165, 1.54) is 0 Å². The Morgan fingerprint density at radius 3 is 2.76 bits per heavy atom. The molecule has 4 aliphatic carbocycles. The van der Waals surface area contributed by atoms with Crippen molar-refractivity contribution in [2.75, 3.05) is 33.9 Å². The van der Waals surface area contributed by atoms with E-state index in [0.29, 0.717) is 24.9 Å². The first-order valence-corrected chi connectivity index (χ1v) is 12.8. The number of aliphatic carboxylic acids is 1. The monoisotopic (exact) mass is 472 g/mol. The van der Waals surface area contributed by atoms with Gasteiger partial charge in [-0.15, -0.1) is 0 Å². The van der Waals surface area contributed by atoms with Crippen molar-refractivity contribution in [1.29, 1.82) is 0 Å². The molecule has 5 rings (SSSR count). The Hall–Kier alpha value is -1.90. The van der Waals surface area contributed by atoms with E-state index in [-0.39, 0.29) is 35.0 Å². The molecule has 3 fully saturated rings. The number of guanidine groups is 1. The molecule has 3 saturated carbocycles. The van der Waals surface area contributed by atoms with Gasteiger partial charge in [-0.1, -0.05) is 13.0 Å². The summed E-state index contributed by atoms with van der Waals surface area (Å²) in [7, 11) is 3.71. The van der Waals surface area contributed by atoms with E-state index in [2.05, 4.69) is 34.4 Å². The predicted molar refractivity (Wildman–Crippen MR) is 130 cm³/mol. The molecule has 188 valence electrons. The van der Waals surface area contributed by atoms with Crippen LogP contribution in [0.3, 0.4) is 0 Å². The molecule has 0 aromatic carbocycles. The molecule has 7 atom stereocenters. The third kappa shape index (κ3) is 2.60. The van der Waals surface area contributed by atoms with Crippen LogP contribution in [0.25, 0.3) is 0 Å². The van der Waals surface area contributed by atoms with E-state index >= 15 is 0 Å². The van der Waals surface area contributed by atoms with Crippen LogP contribution in [-0.4, -0.2) is 72.5 Å². The van der Waals surface area contributed by atoms with Crippen LogP contribution in [0.15, 0.2) is 28.4 Å². The van der Waals surface area contributed by atoms with Crippen molar-refractivity contribution < 1.29 is 19.7 Å². The summed E-state index contributed by atoms with van der Waals surface area (Å²) in [5.41, 5.74) is 5.39. The second-order valence-corrected chi connectivity index (χ2v) is 11.4. The molecule has 8 heteroatoms. The van der Waals surface area contributed by atoms with Crippen molar-refractivity contribution in [2.24, 2.45) is 38.8 Å². The third-order valence-corrected chi connectivity index (χ3v) is 10.4. The van der Waals surface area contributed by atoms with Gasteiger partial charge in [0.1, 0.15) is 5.60 Å². The average Bonchev–Trinajstić information content (AvgIpc) is 3.17. The highest BCUT2D eigenvalue weighted by Crippen LogP contribution is 2.84. The van der Waals surface area contributed by atoms with Crippen molar-refractivity contribution in [3.8, 4) is 0 Å². The lowest BCUT2D eigenvalue weighted by Gasteiger charge is -2.71. The van der Waals surface area contributed by atoms with Crippen LogP contribution in [0, 0.1) is 28.1 Å². The molecule has 4 bridgehead atoms. The minimum Gasteiger partial charge on any atom is -0.478 e. The quantitative estimate of drug-likeness (QED) is 0.345. The molecule has 0 amide bonds. The second kappa shape index (κ2) is 7.80. The zero-order valence-corrected chi connectivity index (χ0v) is 20.9. The van der Waals surface area contributed by atoms with Crippen molar-refractivity contribution in [3.63, 3.8) is 0 Å². The van der Waals surface area contributed by atoms with E-state index in [1.54, 1.807) is 7.05 Å². The van der Waals surface area contributed by atoms with E-state index in [0.717, 1.165) is 44.2 Å². The van der Waals surface area contributed by atoms with E-state index in [9.17, 15) is 15.0 Å². The Labute approximate surface area is 202 Å². The molecule has 5 aliphatic rings. The number of carboxylic acids is 1. The molecule has 1 heterocycles. The van der Waals surface area contributed by atoms with Crippen LogP contribution in [0.5, 0.6) is 0 Å². The topological polar surface area (TPSA) is 120 Å². The molecule has 0 saturated heterocycles. The van der Waals surface area contributed by atoms with Crippen molar-refractivity contribution >= 4 is 11.9 Å². The molecule has 0 aromatic rings. The van der Waals surface area contributed by atoms with Crippen LogP contribution >= 0.6 is 0 Å². The summed E-state index contributed by atoms with van der Waals surface area (Å²) in [6.45, 7) is 5.50. The van der Waals surface area contributed by atoms with Crippen molar-refractivity contribution in [3.05, 3.63) is 23.4 Å². The van der Waals surface area contributed by atoms with Crippen LogP contribution in [0.1, 0.15) is 52.4 Å². The number of carboxylic acid groups (broad SMARTS) is 1. The Balaban J connectivity index is 1.81. The van der Waals surface area contributed by atoms with Gasteiger partial charge in [0.15, 0.2) is 5.96 Å². The molecular formula is C26H40N4O4. The van der Waals surface area contributed by atoms with Gasteiger partial charge in [-0.3, -0.25) is 4.99 Å². The third-order valence-electron chi connectivity index (χ3n) is 10.4. The highest BCUT2D eigenvalue weighted by atomic mass is 16.5. The van der Waals surface area contributed by atoms with E-state index in [4.69, 9.17) is 10.5 Å². The van der Waals surface area contributed by atoms with Gasteiger partial charge in [0.25, 0.3) is 0 Å². The van der Waals surface area contributed by atoms with Gasteiger partial charge in [0, 0.05) is 43.3 Å². The van der Waals surface area contributed by atoms with Gasteiger partial charge in [0.05, 0.1) is 12.2 Å². The normalized spacial score (nSPS) is 44.9. The number of nitrogens with zero attached hydrogens (tertiary/aromatic N) is 2.